The molecular formula is C29H20ClNO4. The smallest absolute Gasteiger partial charge is 0.337 e. The first-order chi connectivity index (χ1) is 17.0. The molecule has 1 saturated heterocycles. The Bertz CT molecular complexity index is 1370. The van der Waals surface area contributed by atoms with Crippen molar-refractivity contribution in [1.29, 1.82) is 0 Å². The molecule has 1 heterocycles. The molecule has 5 nitrogen and oxygen atoms in total. The van der Waals surface area contributed by atoms with Crippen LogP contribution < -0.4 is 4.90 Å². The second-order valence-electron chi connectivity index (χ2n) is 9.03. The number of carbonyl (C=O) groups excluding carboxylic acids is 2. The van der Waals surface area contributed by atoms with Crippen LogP contribution in [0.15, 0.2) is 96.6 Å². The topological polar surface area (TPSA) is 74.7 Å². The highest BCUT2D eigenvalue weighted by Gasteiger charge is 2.62. The Kier molecular flexibility index (Phi) is 4.97. The summed E-state index contributed by atoms with van der Waals surface area (Å²) in [6.45, 7) is 0. The maximum absolute atomic E-state index is 13.7. The van der Waals surface area contributed by atoms with Crippen LogP contribution in [0.3, 0.4) is 0 Å². The van der Waals surface area contributed by atoms with Crippen molar-refractivity contribution in [3.63, 3.8) is 0 Å². The third-order valence-corrected chi connectivity index (χ3v) is 7.60. The van der Waals surface area contributed by atoms with Crippen LogP contribution in [0.2, 0.25) is 5.02 Å². The van der Waals surface area contributed by atoms with Crippen LogP contribution in [0.25, 0.3) is 5.57 Å². The Morgan fingerprint density at radius 3 is 1.77 bits per heavy atom. The third-order valence-electron chi connectivity index (χ3n) is 7.27. The number of carbonyl (C=O) groups is 3. The molecule has 6 rings (SSSR count). The zero-order valence-corrected chi connectivity index (χ0v) is 19.2. The molecule has 0 aromatic heterocycles. The lowest BCUT2D eigenvalue weighted by Gasteiger charge is -2.22. The average Bonchev–Trinajstić information content (AvgIpc) is 3.50. The molecule has 3 aliphatic rings. The molecule has 1 saturated carbocycles. The van der Waals surface area contributed by atoms with Gasteiger partial charge in [-0.15, -0.1) is 0 Å². The molecule has 3 aromatic carbocycles. The van der Waals surface area contributed by atoms with Crippen LogP contribution in [0, 0.1) is 23.7 Å². The molecule has 1 N–H and O–H groups in total. The predicted octanol–water partition coefficient (Wildman–Crippen LogP) is 5.46. The zero-order valence-electron chi connectivity index (χ0n) is 18.5. The van der Waals surface area contributed by atoms with Gasteiger partial charge in [0.05, 0.1) is 28.1 Å². The van der Waals surface area contributed by atoms with Crippen LogP contribution in [0.5, 0.6) is 0 Å². The minimum atomic E-state index is -1.21. The Morgan fingerprint density at radius 2 is 1.29 bits per heavy atom. The number of hydrogen-bond acceptors (Lipinski definition) is 3. The summed E-state index contributed by atoms with van der Waals surface area (Å²) in [5.41, 5.74) is 4.36. The molecule has 0 radical (unpaired) electrons. The summed E-state index contributed by atoms with van der Waals surface area (Å²) in [6, 6.07) is 24.3. The Labute approximate surface area is 207 Å². The van der Waals surface area contributed by atoms with E-state index >= 15 is 0 Å². The van der Waals surface area contributed by atoms with E-state index in [1.54, 1.807) is 0 Å². The van der Waals surface area contributed by atoms with E-state index in [1.807, 2.05) is 48.6 Å². The van der Waals surface area contributed by atoms with Crippen molar-refractivity contribution in [1.82, 2.24) is 0 Å². The third kappa shape index (κ3) is 3.19. The molecule has 0 spiro atoms. The van der Waals surface area contributed by atoms with Gasteiger partial charge in [0.15, 0.2) is 0 Å². The minimum Gasteiger partial charge on any atom is -0.478 e. The number of fused-ring (bicyclic) bond motifs is 5. The van der Waals surface area contributed by atoms with Gasteiger partial charge < -0.3 is 5.11 Å². The Hall–Kier alpha value is -3.96. The van der Waals surface area contributed by atoms with E-state index in [1.165, 1.54) is 18.2 Å². The number of allylic oxidation sites excluding steroid dienone is 3. The zero-order chi connectivity index (χ0) is 24.3. The number of carboxylic acid groups (broad SMARTS) is 1. The van der Waals surface area contributed by atoms with E-state index < -0.39 is 17.8 Å². The van der Waals surface area contributed by atoms with Crippen LogP contribution in [0.4, 0.5) is 5.69 Å². The molecule has 6 heteroatoms. The lowest BCUT2D eigenvalue weighted by atomic mass is 9.85. The monoisotopic (exact) mass is 481 g/mol. The number of hydrogen-bond donors (Lipinski definition) is 1. The summed E-state index contributed by atoms with van der Waals surface area (Å²) in [5.74, 6) is -3.24. The van der Waals surface area contributed by atoms with Gasteiger partial charge in [-0.25, -0.2) is 9.69 Å². The largest absolute Gasteiger partial charge is 0.478 e. The number of amides is 2. The average molecular weight is 482 g/mol. The highest BCUT2D eigenvalue weighted by atomic mass is 35.5. The summed E-state index contributed by atoms with van der Waals surface area (Å²) in [4.78, 5) is 40.0. The number of anilines is 1. The van der Waals surface area contributed by atoms with Crippen molar-refractivity contribution in [3.05, 3.63) is 118 Å². The molecule has 0 unspecified atom stereocenters. The molecular weight excluding hydrogens is 462 g/mol. The van der Waals surface area contributed by atoms with Gasteiger partial charge in [-0.3, -0.25) is 9.59 Å². The fraction of sp³-hybridized carbons (Fsp3) is 0.138. The summed E-state index contributed by atoms with van der Waals surface area (Å²) < 4.78 is 0. The molecule has 2 amide bonds. The molecule has 2 fully saturated rings. The minimum absolute atomic E-state index is 0.0582. The van der Waals surface area contributed by atoms with E-state index in [-0.39, 0.29) is 39.9 Å². The van der Waals surface area contributed by atoms with Crippen LogP contribution >= 0.6 is 11.6 Å². The Balaban J connectivity index is 1.46. The van der Waals surface area contributed by atoms with E-state index in [0.717, 1.165) is 27.2 Å². The van der Waals surface area contributed by atoms with Crippen LogP contribution in [-0.4, -0.2) is 22.9 Å². The fourth-order valence-electron chi connectivity index (χ4n) is 5.88. The number of aromatic carboxylic acids is 1. The number of imide groups is 1. The summed E-state index contributed by atoms with van der Waals surface area (Å²) in [6.07, 6.45) is 4.10. The number of carboxylic acids is 1. The summed E-state index contributed by atoms with van der Waals surface area (Å²) in [5, 5.41) is 9.50. The molecule has 1 aliphatic heterocycles. The fourth-order valence-corrected chi connectivity index (χ4v) is 6.08. The normalized spacial score (nSPS) is 24.3. The molecule has 35 heavy (non-hydrogen) atoms. The molecule has 2 aliphatic carbocycles. The van der Waals surface area contributed by atoms with Gasteiger partial charge in [0.2, 0.25) is 11.8 Å². The Morgan fingerprint density at radius 1 is 0.771 bits per heavy atom. The number of rotatable bonds is 4. The van der Waals surface area contributed by atoms with Gasteiger partial charge in [-0.1, -0.05) is 84.4 Å². The van der Waals surface area contributed by atoms with Crippen molar-refractivity contribution < 1.29 is 19.5 Å². The first kappa shape index (κ1) is 21.6. The van der Waals surface area contributed by atoms with Gasteiger partial charge in [-0.2, -0.15) is 0 Å². The maximum atomic E-state index is 13.7. The molecule has 3 aromatic rings. The summed E-state index contributed by atoms with van der Waals surface area (Å²) >= 11 is 6.01. The van der Waals surface area contributed by atoms with Gasteiger partial charge in [0.25, 0.3) is 0 Å². The predicted molar refractivity (Wildman–Crippen MR) is 133 cm³/mol. The quantitative estimate of drug-likeness (QED) is 0.396. The second-order valence-corrected chi connectivity index (χ2v) is 9.44. The second kappa shape index (κ2) is 8.07. The highest BCUT2D eigenvalue weighted by molar-refractivity contribution is 6.34. The molecule has 4 atom stereocenters. The van der Waals surface area contributed by atoms with Gasteiger partial charge in [-0.05, 0) is 40.5 Å². The van der Waals surface area contributed by atoms with E-state index in [9.17, 15) is 19.5 Å². The van der Waals surface area contributed by atoms with Crippen molar-refractivity contribution >= 4 is 40.6 Å². The maximum Gasteiger partial charge on any atom is 0.337 e. The van der Waals surface area contributed by atoms with Crippen molar-refractivity contribution in [2.45, 2.75) is 0 Å². The molecule has 172 valence electrons. The number of halogens is 1. The SMILES string of the molecule is O=C(O)c1cc(N2C(=O)[C@@H]3[C@@H](C2=O)[C@H]2C=C[C@H]3C2=C(c2ccccc2)c2ccccc2)ccc1Cl. The number of nitrogens with zero attached hydrogens (tertiary/aromatic N) is 1. The molecule has 2 bridgehead atoms. The van der Waals surface area contributed by atoms with Crippen molar-refractivity contribution in [2.75, 3.05) is 4.90 Å². The lowest BCUT2D eigenvalue weighted by Crippen LogP contribution is -2.33. The first-order valence-electron chi connectivity index (χ1n) is 11.4. The van der Waals surface area contributed by atoms with E-state index in [4.69, 9.17) is 11.6 Å². The summed E-state index contributed by atoms with van der Waals surface area (Å²) in [7, 11) is 0. The van der Waals surface area contributed by atoms with E-state index in [2.05, 4.69) is 24.3 Å². The van der Waals surface area contributed by atoms with Crippen molar-refractivity contribution in [2.24, 2.45) is 23.7 Å². The van der Waals surface area contributed by atoms with E-state index in [0.29, 0.717) is 0 Å². The van der Waals surface area contributed by atoms with Gasteiger partial charge >= 0.3 is 5.97 Å². The first-order valence-corrected chi connectivity index (χ1v) is 11.8. The number of benzene rings is 3. The van der Waals surface area contributed by atoms with Crippen LogP contribution in [-0.2, 0) is 9.59 Å². The van der Waals surface area contributed by atoms with Gasteiger partial charge in [0, 0.05) is 11.8 Å². The highest BCUT2D eigenvalue weighted by Crippen LogP contribution is 2.58. The lowest BCUT2D eigenvalue weighted by molar-refractivity contribution is -0.122. The van der Waals surface area contributed by atoms with Gasteiger partial charge in [0.1, 0.15) is 0 Å². The standard InChI is InChI=1S/C29H20ClNO4/c30-22-14-11-18(15-21(22)29(34)35)31-27(32)25-19-12-13-20(26(25)28(31)33)24(19)23(16-7-3-1-4-8-16)17-9-5-2-6-10-17/h1-15,19-20,25-26H,(H,34,35)/t19-,20-,25-,26-/m0/s1. The van der Waals surface area contributed by atoms with Crippen LogP contribution in [0.1, 0.15) is 21.5 Å². The van der Waals surface area contributed by atoms with Crippen molar-refractivity contribution in [3.8, 4) is 0 Å².